The van der Waals surface area contributed by atoms with Gasteiger partial charge in [0.05, 0.1) is 19.2 Å². The second kappa shape index (κ2) is 8.41. The van der Waals surface area contributed by atoms with Gasteiger partial charge in [0, 0.05) is 12.2 Å². The molecule has 27 heavy (non-hydrogen) atoms. The van der Waals surface area contributed by atoms with Crippen molar-refractivity contribution in [2.75, 3.05) is 39.3 Å². The SMILES string of the molecule is CC[NH+]1CC[NH+]([C@H](c2ccc(F)cc2)c2nnnn2C[C@H]2CCCO2)CC1. The van der Waals surface area contributed by atoms with Crippen LogP contribution in [0.2, 0.25) is 0 Å². The number of ether oxygens (including phenoxy) is 1. The van der Waals surface area contributed by atoms with E-state index in [1.807, 2.05) is 16.8 Å². The quantitative estimate of drug-likeness (QED) is 0.671. The molecule has 7 nitrogen and oxygen atoms in total. The topological polar surface area (TPSA) is 61.7 Å². The van der Waals surface area contributed by atoms with E-state index < -0.39 is 0 Å². The molecule has 8 heteroatoms. The van der Waals surface area contributed by atoms with Gasteiger partial charge in [-0.05, 0) is 54.5 Å². The highest BCUT2D eigenvalue weighted by Gasteiger charge is 2.35. The zero-order valence-corrected chi connectivity index (χ0v) is 15.9. The summed E-state index contributed by atoms with van der Waals surface area (Å²) in [7, 11) is 0. The molecule has 1 aromatic heterocycles. The summed E-state index contributed by atoms with van der Waals surface area (Å²) in [6, 6.07) is 6.82. The zero-order valence-electron chi connectivity index (χ0n) is 15.9. The maximum atomic E-state index is 13.5. The monoisotopic (exact) mass is 376 g/mol. The Morgan fingerprint density at radius 3 is 2.67 bits per heavy atom. The number of quaternary nitrogens is 2. The molecule has 0 saturated carbocycles. The molecule has 0 unspecified atom stereocenters. The number of piperazine rings is 1. The van der Waals surface area contributed by atoms with Crippen molar-refractivity contribution in [3.8, 4) is 0 Å². The van der Waals surface area contributed by atoms with Gasteiger partial charge in [-0.25, -0.2) is 9.07 Å². The summed E-state index contributed by atoms with van der Waals surface area (Å²) in [5.74, 6) is 0.638. The first-order valence-corrected chi connectivity index (χ1v) is 10.1. The molecule has 0 radical (unpaired) electrons. The molecule has 4 rings (SSSR count). The first-order chi connectivity index (χ1) is 13.2. The van der Waals surface area contributed by atoms with E-state index in [1.54, 1.807) is 4.90 Å². The van der Waals surface area contributed by atoms with Gasteiger partial charge >= 0.3 is 0 Å². The zero-order chi connectivity index (χ0) is 18.6. The van der Waals surface area contributed by atoms with Crippen LogP contribution in [-0.4, -0.2) is 65.6 Å². The van der Waals surface area contributed by atoms with Crippen molar-refractivity contribution in [3.05, 3.63) is 41.5 Å². The molecule has 2 fully saturated rings. The van der Waals surface area contributed by atoms with Crippen LogP contribution in [0, 0.1) is 5.82 Å². The van der Waals surface area contributed by atoms with Crippen LogP contribution in [0.25, 0.3) is 0 Å². The summed E-state index contributed by atoms with van der Waals surface area (Å²) in [5.41, 5.74) is 1.06. The molecular formula is C19H29FN6O+2. The first kappa shape index (κ1) is 18.5. The largest absolute Gasteiger partial charge is 0.376 e. The minimum atomic E-state index is -0.216. The molecule has 2 aromatic rings. The first-order valence-electron chi connectivity index (χ1n) is 10.1. The van der Waals surface area contributed by atoms with Crippen LogP contribution in [0.15, 0.2) is 24.3 Å². The Balaban J connectivity index is 1.62. The summed E-state index contributed by atoms with van der Waals surface area (Å²) in [5, 5.41) is 12.6. The Hall–Kier alpha value is -1.90. The number of likely N-dealkylation sites (N-methyl/N-ethyl adjacent to an activating group) is 1. The molecule has 3 heterocycles. The standard InChI is InChI=1S/C19H27FN6O/c1-2-24-9-11-25(12-10-24)18(15-5-7-16(20)8-6-15)19-21-22-23-26(19)14-17-4-3-13-27-17/h5-8,17-18H,2-4,9-14H2,1H3/p+2/t17-,18-/m1/s1. The lowest BCUT2D eigenvalue weighted by atomic mass is 10.0. The van der Waals surface area contributed by atoms with Crippen molar-refractivity contribution in [3.63, 3.8) is 0 Å². The molecule has 2 aliphatic rings. The van der Waals surface area contributed by atoms with Crippen molar-refractivity contribution < 1.29 is 18.9 Å². The lowest BCUT2D eigenvalue weighted by Gasteiger charge is -2.34. The highest BCUT2D eigenvalue weighted by atomic mass is 19.1. The fourth-order valence-electron chi connectivity index (χ4n) is 4.32. The predicted molar refractivity (Wildman–Crippen MR) is 97.0 cm³/mol. The van der Waals surface area contributed by atoms with E-state index in [1.165, 1.54) is 17.0 Å². The molecule has 2 saturated heterocycles. The second-order valence-corrected chi connectivity index (χ2v) is 7.60. The number of halogens is 1. The van der Waals surface area contributed by atoms with E-state index in [0.717, 1.165) is 63.6 Å². The molecule has 2 N–H and O–H groups in total. The second-order valence-electron chi connectivity index (χ2n) is 7.60. The van der Waals surface area contributed by atoms with Gasteiger partial charge in [0.1, 0.15) is 32.0 Å². The molecule has 2 atom stereocenters. The Labute approximate surface area is 159 Å². The van der Waals surface area contributed by atoms with Crippen LogP contribution in [-0.2, 0) is 11.3 Å². The molecule has 1 aromatic carbocycles. The smallest absolute Gasteiger partial charge is 0.214 e. The Morgan fingerprint density at radius 2 is 2.00 bits per heavy atom. The van der Waals surface area contributed by atoms with E-state index in [4.69, 9.17) is 4.74 Å². The average molecular weight is 376 g/mol. The van der Waals surface area contributed by atoms with Crippen LogP contribution in [0.3, 0.4) is 0 Å². The molecule has 0 spiro atoms. The van der Waals surface area contributed by atoms with Crippen LogP contribution in [0.5, 0.6) is 0 Å². The van der Waals surface area contributed by atoms with E-state index in [-0.39, 0.29) is 18.0 Å². The number of aromatic nitrogens is 4. The van der Waals surface area contributed by atoms with Gasteiger partial charge in [-0.2, -0.15) is 0 Å². The average Bonchev–Trinajstić information content (AvgIpc) is 3.37. The summed E-state index contributed by atoms with van der Waals surface area (Å²) in [4.78, 5) is 3.08. The molecule has 0 amide bonds. The molecule has 0 bridgehead atoms. The van der Waals surface area contributed by atoms with Crippen LogP contribution < -0.4 is 9.80 Å². The van der Waals surface area contributed by atoms with Crippen LogP contribution in [0.1, 0.15) is 37.2 Å². The summed E-state index contributed by atoms with van der Waals surface area (Å²) >= 11 is 0. The molecule has 146 valence electrons. The molecule has 2 aliphatic heterocycles. The maximum Gasteiger partial charge on any atom is 0.214 e. The van der Waals surface area contributed by atoms with Gasteiger partial charge in [-0.15, -0.1) is 5.10 Å². The number of hydrogen-bond acceptors (Lipinski definition) is 4. The summed E-state index contributed by atoms with van der Waals surface area (Å²) in [6.07, 6.45) is 2.32. The molecule has 0 aliphatic carbocycles. The minimum Gasteiger partial charge on any atom is -0.376 e. The molecular weight excluding hydrogens is 347 g/mol. The number of rotatable bonds is 6. The third kappa shape index (κ3) is 4.17. The maximum absolute atomic E-state index is 13.5. The lowest BCUT2D eigenvalue weighted by Crippen LogP contribution is -3.28. The van der Waals surface area contributed by atoms with Gasteiger partial charge < -0.3 is 14.5 Å². The number of nitrogens with zero attached hydrogens (tertiary/aromatic N) is 4. The van der Waals surface area contributed by atoms with Crippen molar-refractivity contribution in [2.24, 2.45) is 0 Å². The highest BCUT2D eigenvalue weighted by molar-refractivity contribution is 5.23. The number of benzene rings is 1. The third-order valence-electron chi connectivity index (χ3n) is 5.93. The lowest BCUT2D eigenvalue weighted by molar-refractivity contribution is -1.02. The van der Waals surface area contributed by atoms with Crippen molar-refractivity contribution in [1.82, 2.24) is 20.2 Å². The Bertz CT molecular complexity index is 722. The summed E-state index contributed by atoms with van der Waals surface area (Å²) < 4.78 is 21.2. The fraction of sp³-hybridized carbons (Fsp3) is 0.632. The van der Waals surface area contributed by atoms with Gasteiger partial charge in [-0.3, -0.25) is 0 Å². The number of tetrazole rings is 1. The minimum absolute atomic E-state index is 0.0143. The van der Waals surface area contributed by atoms with E-state index in [9.17, 15) is 4.39 Å². The Morgan fingerprint density at radius 1 is 1.22 bits per heavy atom. The summed E-state index contributed by atoms with van der Waals surface area (Å²) in [6.45, 7) is 9.27. The highest BCUT2D eigenvalue weighted by Crippen LogP contribution is 2.20. The predicted octanol–water partition coefficient (Wildman–Crippen LogP) is -1.12. The van der Waals surface area contributed by atoms with Crippen LogP contribution >= 0.6 is 0 Å². The number of nitrogens with one attached hydrogen (secondary N) is 2. The van der Waals surface area contributed by atoms with Crippen LogP contribution in [0.4, 0.5) is 4.39 Å². The fourth-order valence-corrected chi connectivity index (χ4v) is 4.32. The van der Waals surface area contributed by atoms with Gasteiger partial charge in [0.2, 0.25) is 5.82 Å². The van der Waals surface area contributed by atoms with Gasteiger partial charge in [-0.1, -0.05) is 0 Å². The van der Waals surface area contributed by atoms with Crippen molar-refractivity contribution >= 4 is 0 Å². The van der Waals surface area contributed by atoms with E-state index >= 15 is 0 Å². The third-order valence-corrected chi connectivity index (χ3v) is 5.93. The van der Waals surface area contributed by atoms with E-state index in [0.29, 0.717) is 6.54 Å². The van der Waals surface area contributed by atoms with Crippen molar-refractivity contribution in [1.29, 1.82) is 0 Å². The Kier molecular flexibility index (Phi) is 5.75. The van der Waals surface area contributed by atoms with E-state index in [2.05, 4.69) is 22.4 Å². The van der Waals surface area contributed by atoms with Gasteiger partial charge in [0.15, 0.2) is 6.04 Å². The van der Waals surface area contributed by atoms with Crippen molar-refractivity contribution in [2.45, 2.75) is 38.5 Å². The number of hydrogen-bond donors (Lipinski definition) is 2. The normalized spacial score (nSPS) is 27.0. The van der Waals surface area contributed by atoms with Gasteiger partial charge in [0.25, 0.3) is 0 Å².